The zero-order chi connectivity index (χ0) is 22.8. The van der Waals surface area contributed by atoms with Gasteiger partial charge in [0.1, 0.15) is 6.07 Å². The van der Waals surface area contributed by atoms with Gasteiger partial charge in [0.2, 0.25) is 0 Å². The van der Waals surface area contributed by atoms with Gasteiger partial charge in [0.25, 0.3) is 0 Å². The standard InChI is InChI=1S/C26H32N2O4/c1-20-4-2-10-28(20)25-9-8-22-16-21(6-7-23(22)18-25)17-24(19-27)26(30)5-3-12-31-14-15-32-13-11-29/h6-9,16-18,20,29H,2-5,10-15H2,1H3/b24-17+. The van der Waals surface area contributed by atoms with Crippen molar-refractivity contribution < 1.29 is 19.4 Å². The summed E-state index contributed by atoms with van der Waals surface area (Å²) < 4.78 is 10.5. The number of aliphatic hydroxyl groups is 1. The molecule has 6 heteroatoms. The van der Waals surface area contributed by atoms with Crippen LogP contribution in [0.15, 0.2) is 42.0 Å². The second kappa shape index (κ2) is 12.4. The highest BCUT2D eigenvalue weighted by Crippen LogP contribution is 2.29. The van der Waals surface area contributed by atoms with E-state index in [-0.39, 0.29) is 24.4 Å². The number of allylic oxidation sites excluding steroid dienone is 1. The zero-order valence-corrected chi connectivity index (χ0v) is 18.8. The Balaban J connectivity index is 1.57. The minimum atomic E-state index is -0.175. The molecule has 1 unspecified atom stereocenters. The number of nitrogens with zero attached hydrogens (tertiary/aromatic N) is 2. The average Bonchev–Trinajstić information content (AvgIpc) is 3.24. The lowest BCUT2D eigenvalue weighted by Gasteiger charge is -2.24. The first kappa shape index (κ1) is 23.9. The van der Waals surface area contributed by atoms with Crippen LogP contribution in [-0.4, -0.2) is 56.5 Å². The number of fused-ring (bicyclic) bond motifs is 1. The molecule has 1 saturated heterocycles. The molecule has 6 nitrogen and oxygen atoms in total. The summed E-state index contributed by atoms with van der Waals surface area (Å²) in [7, 11) is 0. The average molecular weight is 437 g/mol. The van der Waals surface area contributed by atoms with Crippen LogP contribution in [-0.2, 0) is 14.3 Å². The van der Waals surface area contributed by atoms with Crippen LogP contribution in [0, 0.1) is 11.3 Å². The number of carbonyl (C=O) groups excluding carboxylic acids is 1. The van der Waals surface area contributed by atoms with Crippen LogP contribution in [0.5, 0.6) is 0 Å². The van der Waals surface area contributed by atoms with Crippen LogP contribution >= 0.6 is 0 Å². The predicted octanol–water partition coefficient (Wildman–Crippen LogP) is 4.11. The van der Waals surface area contributed by atoms with E-state index in [9.17, 15) is 10.1 Å². The molecule has 3 rings (SSSR count). The highest BCUT2D eigenvalue weighted by atomic mass is 16.5. The maximum absolute atomic E-state index is 12.4. The van der Waals surface area contributed by atoms with Gasteiger partial charge in [-0.1, -0.05) is 18.2 Å². The van der Waals surface area contributed by atoms with E-state index < -0.39 is 0 Å². The number of anilines is 1. The van der Waals surface area contributed by atoms with Crippen molar-refractivity contribution in [3.63, 3.8) is 0 Å². The Hall–Kier alpha value is -2.72. The molecule has 0 aliphatic carbocycles. The van der Waals surface area contributed by atoms with Crippen molar-refractivity contribution in [2.24, 2.45) is 0 Å². The molecule has 170 valence electrons. The lowest BCUT2D eigenvalue weighted by molar-refractivity contribution is -0.115. The van der Waals surface area contributed by atoms with Crippen molar-refractivity contribution in [1.29, 1.82) is 5.26 Å². The summed E-state index contributed by atoms with van der Waals surface area (Å²) >= 11 is 0. The van der Waals surface area contributed by atoms with Gasteiger partial charge in [-0.25, -0.2) is 0 Å². The number of hydrogen-bond donors (Lipinski definition) is 1. The topological polar surface area (TPSA) is 82.8 Å². The lowest BCUT2D eigenvalue weighted by atomic mass is 10.0. The van der Waals surface area contributed by atoms with E-state index >= 15 is 0 Å². The molecule has 1 aliphatic heterocycles. The largest absolute Gasteiger partial charge is 0.394 e. The first-order valence-electron chi connectivity index (χ1n) is 11.3. The zero-order valence-electron chi connectivity index (χ0n) is 18.8. The second-order valence-electron chi connectivity index (χ2n) is 8.12. The van der Waals surface area contributed by atoms with Crippen LogP contribution in [0.3, 0.4) is 0 Å². The van der Waals surface area contributed by atoms with E-state index in [1.807, 2.05) is 18.2 Å². The second-order valence-corrected chi connectivity index (χ2v) is 8.12. The normalized spacial score (nSPS) is 16.5. The van der Waals surface area contributed by atoms with Gasteiger partial charge in [0.15, 0.2) is 5.78 Å². The lowest BCUT2D eigenvalue weighted by Crippen LogP contribution is -2.25. The molecule has 0 saturated carbocycles. The van der Waals surface area contributed by atoms with Gasteiger partial charge in [-0.05, 0) is 66.8 Å². The summed E-state index contributed by atoms with van der Waals surface area (Å²) in [5.41, 5.74) is 2.26. The predicted molar refractivity (Wildman–Crippen MR) is 127 cm³/mol. The van der Waals surface area contributed by atoms with Crippen molar-refractivity contribution in [2.75, 3.05) is 44.5 Å². The fourth-order valence-corrected chi connectivity index (χ4v) is 4.03. The molecule has 0 aromatic heterocycles. The van der Waals surface area contributed by atoms with Crippen molar-refractivity contribution in [3.8, 4) is 6.07 Å². The highest BCUT2D eigenvalue weighted by Gasteiger charge is 2.20. The molecule has 1 atom stereocenters. The Morgan fingerprint density at radius 3 is 2.62 bits per heavy atom. The van der Waals surface area contributed by atoms with Crippen molar-refractivity contribution in [1.82, 2.24) is 0 Å². The van der Waals surface area contributed by atoms with Crippen LogP contribution in [0.1, 0.15) is 38.2 Å². The third-order valence-electron chi connectivity index (χ3n) is 5.76. The van der Waals surface area contributed by atoms with E-state index in [4.69, 9.17) is 14.6 Å². The van der Waals surface area contributed by atoms with Gasteiger partial charge in [-0.15, -0.1) is 0 Å². The van der Waals surface area contributed by atoms with E-state index in [0.717, 1.165) is 22.9 Å². The summed E-state index contributed by atoms with van der Waals surface area (Å²) in [6.07, 6.45) is 4.95. The summed E-state index contributed by atoms with van der Waals surface area (Å²) in [6, 6.07) is 15.1. The number of Topliss-reactive ketones (excluding diaryl/α,β-unsaturated/α-hetero) is 1. The third kappa shape index (κ3) is 6.64. The molecule has 0 amide bonds. The number of carbonyl (C=O) groups is 1. The molecule has 1 fully saturated rings. The molecular formula is C26H32N2O4. The van der Waals surface area contributed by atoms with Gasteiger partial charge in [0, 0.05) is 31.3 Å². The fourth-order valence-electron chi connectivity index (χ4n) is 4.03. The first-order valence-corrected chi connectivity index (χ1v) is 11.3. The SMILES string of the molecule is CC1CCCN1c1ccc2cc(/C=C(\C#N)C(=O)CCCOCCOCCO)ccc2c1. The summed E-state index contributed by atoms with van der Waals surface area (Å²) in [6.45, 7) is 4.93. The Morgan fingerprint density at radius 1 is 1.16 bits per heavy atom. The number of ketones is 1. The molecular weight excluding hydrogens is 404 g/mol. The number of ether oxygens (including phenoxy) is 2. The van der Waals surface area contributed by atoms with Crippen LogP contribution < -0.4 is 4.90 Å². The van der Waals surface area contributed by atoms with Gasteiger partial charge in [-0.3, -0.25) is 4.79 Å². The van der Waals surface area contributed by atoms with Crippen LogP contribution in [0.4, 0.5) is 5.69 Å². The van der Waals surface area contributed by atoms with Gasteiger partial charge in [-0.2, -0.15) is 5.26 Å². The van der Waals surface area contributed by atoms with E-state index in [1.165, 1.54) is 18.5 Å². The number of benzene rings is 2. The molecule has 0 radical (unpaired) electrons. The van der Waals surface area contributed by atoms with E-state index in [1.54, 1.807) is 6.08 Å². The number of hydrogen-bond acceptors (Lipinski definition) is 6. The van der Waals surface area contributed by atoms with Gasteiger partial charge in [0.05, 0.1) is 32.0 Å². The summed E-state index contributed by atoms with van der Waals surface area (Å²) in [5, 5.41) is 20.3. The monoisotopic (exact) mass is 436 g/mol. The van der Waals surface area contributed by atoms with E-state index in [0.29, 0.717) is 38.9 Å². The molecule has 1 aliphatic rings. The molecule has 1 heterocycles. The molecule has 32 heavy (non-hydrogen) atoms. The highest BCUT2D eigenvalue weighted by molar-refractivity contribution is 6.03. The maximum atomic E-state index is 12.4. The number of rotatable bonds is 12. The van der Waals surface area contributed by atoms with Crippen LogP contribution in [0.2, 0.25) is 0 Å². The minimum Gasteiger partial charge on any atom is -0.394 e. The molecule has 2 aromatic carbocycles. The Labute approximate surface area is 190 Å². The van der Waals surface area contributed by atoms with Crippen molar-refractivity contribution >= 4 is 28.3 Å². The maximum Gasteiger partial charge on any atom is 0.173 e. The Bertz CT molecular complexity index is 979. The van der Waals surface area contributed by atoms with Crippen molar-refractivity contribution in [3.05, 3.63) is 47.5 Å². The smallest absolute Gasteiger partial charge is 0.173 e. The van der Waals surface area contributed by atoms with E-state index in [2.05, 4.69) is 36.1 Å². The first-order chi connectivity index (χ1) is 15.6. The summed E-state index contributed by atoms with van der Waals surface area (Å²) in [5.74, 6) is -0.175. The Morgan fingerprint density at radius 2 is 1.91 bits per heavy atom. The minimum absolute atomic E-state index is 0.00605. The summed E-state index contributed by atoms with van der Waals surface area (Å²) in [4.78, 5) is 14.9. The van der Waals surface area contributed by atoms with Crippen molar-refractivity contribution in [2.45, 2.75) is 38.6 Å². The Kier molecular flexibility index (Phi) is 9.24. The molecule has 1 N–H and O–H groups in total. The molecule has 2 aromatic rings. The van der Waals surface area contributed by atoms with Crippen LogP contribution in [0.25, 0.3) is 16.8 Å². The number of nitriles is 1. The van der Waals surface area contributed by atoms with Gasteiger partial charge < -0.3 is 19.5 Å². The molecule has 0 bridgehead atoms. The fraction of sp³-hybridized carbons (Fsp3) is 0.462. The molecule has 0 spiro atoms. The quantitative estimate of drug-likeness (QED) is 0.306. The third-order valence-corrected chi connectivity index (χ3v) is 5.76. The number of aliphatic hydroxyl groups excluding tert-OH is 1. The van der Waals surface area contributed by atoms with Gasteiger partial charge >= 0.3 is 0 Å².